The second-order valence-electron chi connectivity index (χ2n) is 10.2. The Morgan fingerprint density at radius 1 is 1.02 bits per heavy atom. The molecule has 1 atom stereocenters. The normalized spacial score (nSPS) is 17.5. The van der Waals surface area contributed by atoms with Gasteiger partial charge in [0.1, 0.15) is 5.69 Å². The summed E-state index contributed by atoms with van der Waals surface area (Å²) >= 11 is 0. The number of amides is 1. The highest BCUT2D eigenvalue weighted by molar-refractivity contribution is 7.91. The van der Waals surface area contributed by atoms with Crippen molar-refractivity contribution in [2.24, 2.45) is 7.05 Å². The first-order valence-corrected chi connectivity index (χ1v) is 14.7. The highest BCUT2D eigenvalue weighted by atomic mass is 32.2. The van der Waals surface area contributed by atoms with Crippen LogP contribution in [0.5, 0.6) is 0 Å². The van der Waals surface area contributed by atoms with Crippen LogP contribution in [0.25, 0.3) is 11.1 Å². The molecule has 4 heterocycles. The molecule has 0 spiro atoms. The lowest BCUT2D eigenvalue weighted by atomic mass is 10.0. The van der Waals surface area contributed by atoms with Crippen molar-refractivity contribution >= 4 is 38.9 Å². The molecule has 10 nitrogen and oxygen atoms in total. The van der Waals surface area contributed by atoms with Gasteiger partial charge in [-0.1, -0.05) is 30.3 Å². The molecule has 0 radical (unpaired) electrons. The molecule has 6 rings (SSSR count). The number of carbonyl (C=O) groups is 2. The van der Waals surface area contributed by atoms with Crippen molar-refractivity contribution in [3.63, 3.8) is 0 Å². The topological polar surface area (TPSA) is 118 Å². The van der Waals surface area contributed by atoms with Gasteiger partial charge in [-0.15, -0.1) is 0 Å². The third kappa shape index (κ3) is 4.84. The van der Waals surface area contributed by atoms with Gasteiger partial charge in [-0.3, -0.25) is 9.59 Å². The zero-order valence-corrected chi connectivity index (χ0v) is 23.2. The van der Waals surface area contributed by atoms with Gasteiger partial charge < -0.3 is 19.7 Å². The number of benzene rings is 2. The molecule has 1 N–H and O–H groups in total. The van der Waals surface area contributed by atoms with E-state index in [9.17, 15) is 22.4 Å². The summed E-state index contributed by atoms with van der Waals surface area (Å²) in [5, 5.41) is 2.61. The van der Waals surface area contributed by atoms with Crippen LogP contribution in [0.15, 0.2) is 71.9 Å². The van der Waals surface area contributed by atoms with Crippen LogP contribution in [-0.4, -0.2) is 66.1 Å². The number of sulfone groups is 1. The maximum absolute atomic E-state index is 13.4. The summed E-state index contributed by atoms with van der Waals surface area (Å²) in [5.41, 5.74) is 3.29. The molecule has 41 heavy (non-hydrogen) atoms. The van der Waals surface area contributed by atoms with Gasteiger partial charge in [0.15, 0.2) is 15.7 Å². The van der Waals surface area contributed by atoms with E-state index >= 15 is 0 Å². The lowest BCUT2D eigenvalue weighted by Gasteiger charge is -2.45. The largest absolute Gasteiger partial charge is 0.363 e. The molecule has 4 aromatic rings. The Hall–Kier alpha value is -4.58. The van der Waals surface area contributed by atoms with E-state index in [2.05, 4.69) is 15.3 Å². The number of Topliss-reactive ketones (excluding diaryl/α,β-unsaturated/α-hetero) is 1. The number of nitrogens with one attached hydrogen (secondary N) is 1. The molecule has 0 bridgehead atoms. The highest BCUT2D eigenvalue weighted by Gasteiger charge is 2.40. The van der Waals surface area contributed by atoms with E-state index in [1.165, 1.54) is 6.07 Å². The number of aryl methyl sites for hydroxylation is 1. The Kier molecular flexibility index (Phi) is 6.57. The van der Waals surface area contributed by atoms with E-state index in [1.54, 1.807) is 23.7 Å². The van der Waals surface area contributed by atoms with Crippen LogP contribution < -0.4 is 15.1 Å². The zero-order chi connectivity index (χ0) is 28.9. The van der Waals surface area contributed by atoms with Crippen molar-refractivity contribution in [1.29, 1.82) is 0 Å². The molecule has 210 valence electrons. The third-order valence-corrected chi connectivity index (χ3v) is 9.45. The standard InChI is InChI=1S/C29H27FN6O4S/c1-18-12-23(19-6-4-3-5-7-19)26(34(18)2)27(37)28(38)33-21-8-9-24-25(13-21)41(39,40)17-22-16-35(10-11-36(22)24)29-31-14-20(30)15-32-29/h3-9,12-15,22H,10-11,16-17H2,1-2H3,(H,33,38)/t22-/m1/s1. The smallest absolute Gasteiger partial charge is 0.298 e. The molecule has 1 saturated heterocycles. The van der Waals surface area contributed by atoms with Gasteiger partial charge in [-0.2, -0.15) is 0 Å². The monoisotopic (exact) mass is 574 g/mol. The number of nitrogens with zero attached hydrogens (tertiary/aromatic N) is 5. The van der Waals surface area contributed by atoms with Gasteiger partial charge in [-0.25, -0.2) is 22.8 Å². The number of piperazine rings is 1. The summed E-state index contributed by atoms with van der Waals surface area (Å²) in [4.78, 5) is 38.5. The van der Waals surface area contributed by atoms with Gasteiger partial charge in [0.25, 0.3) is 11.7 Å². The molecule has 1 fully saturated rings. The fraction of sp³-hybridized carbons (Fsp3) is 0.241. The van der Waals surface area contributed by atoms with Crippen molar-refractivity contribution in [1.82, 2.24) is 14.5 Å². The number of anilines is 3. The molecule has 2 aliphatic heterocycles. The predicted molar refractivity (Wildman–Crippen MR) is 152 cm³/mol. The Bertz CT molecular complexity index is 1770. The minimum atomic E-state index is -3.71. The van der Waals surface area contributed by atoms with E-state index in [0.29, 0.717) is 36.8 Å². The average Bonchev–Trinajstić information content (AvgIpc) is 3.26. The Morgan fingerprint density at radius 3 is 2.49 bits per heavy atom. The van der Waals surface area contributed by atoms with Crippen molar-refractivity contribution in [3.8, 4) is 11.1 Å². The van der Waals surface area contributed by atoms with Crippen LogP contribution in [0.2, 0.25) is 0 Å². The maximum atomic E-state index is 13.4. The number of halogens is 1. The SMILES string of the molecule is Cc1cc(-c2ccccc2)c(C(=O)C(=O)Nc2ccc3c(c2)S(=O)(=O)C[C@H]2CN(c4ncc(F)cn4)CCN32)n1C. The van der Waals surface area contributed by atoms with E-state index in [-0.39, 0.29) is 28.1 Å². The molecule has 2 aliphatic rings. The van der Waals surface area contributed by atoms with Gasteiger partial charge in [0.2, 0.25) is 5.95 Å². The minimum Gasteiger partial charge on any atom is -0.363 e. The fourth-order valence-electron chi connectivity index (χ4n) is 5.53. The fourth-order valence-corrected chi connectivity index (χ4v) is 7.31. The lowest BCUT2D eigenvalue weighted by molar-refractivity contribution is -0.112. The average molecular weight is 575 g/mol. The van der Waals surface area contributed by atoms with E-state index in [0.717, 1.165) is 23.7 Å². The number of aromatic nitrogens is 3. The minimum absolute atomic E-state index is 0.102. The molecular formula is C29H27FN6O4S. The molecule has 0 unspecified atom stereocenters. The lowest BCUT2D eigenvalue weighted by Crippen LogP contribution is -2.58. The molecule has 12 heteroatoms. The summed E-state index contributed by atoms with van der Waals surface area (Å²) in [6.45, 7) is 3.24. The van der Waals surface area contributed by atoms with E-state index in [4.69, 9.17) is 0 Å². The number of carbonyl (C=O) groups excluding carboxylic acids is 2. The summed E-state index contributed by atoms with van der Waals surface area (Å²) in [5.74, 6) is -1.92. The summed E-state index contributed by atoms with van der Waals surface area (Å²) in [6, 6.07) is 15.5. The van der Waals surface area contributed by atoms with E-state index in [1.807, 2.05) is 53.1 Å². The van der Waals surface area contributed by atoms with E-state index < -0.39 is 27.3 Å². The molecular weight excluding hydrogens is 547 g/mol. The number of ketones is 1. The van der Waals surface area contributed by atoms with Crippen molar-refractivity contribution in [2.45, 2.75) is 17.9 Å². The number of hydrogen-bond acceptors (Lipinski definition) is 8. The Labute approximate surface area is 236 Å². The maximum Gasteiger partial charge on any atom is 0.298 e. The second-order valence-corrected chi connectivity index (χ2v) is 12.2. The van der Waals surface area contributed by atoms with Gasteiger partial charge in [-0.05, 0) is 36.8 Å². The Morgan fingerprint density at radius 2 is 1.76 bits per heavy atom. The summed E-state index contributed by atoms with van der Waals surface area (Å²) in [6.07, 6.45) is 2.17. The van der Waals surface area contributed by atoms with Crippen LogP contribution in [0.3, 0.4) is 0 Å². The third-order valence-electron chi connectivity index (χ3n) is 7.63. The van der Waals surface area contributed by atoms with Crippen LogP contribution in [0.4, 0.5) is 21.7 Å². The van der Waals surface area contributed by atoms with Gasteiger partial charge >= 0.3 is 0 Å². The second kappa shape index (κ2) is 10.1. The van der Waals surface area contributed by atoms with Crippen LogP contribution in [-0.2, 0) is 21.7 Å². The number of fused-ring (bicyclic) bond motifs is 3. The molecule has 0 aliphatic carbocycles. The predicted octanol–water partition coefficient (Wildman–Crippen LogP) is 3.23. The zero-order valence-electron chi connectivity index (χ0n) is 22.4. The quantitative estimate of drug-likeness (QED) is 0.285. The number of rotatable bonds is 5. The first-order valence-electron chi connectivity index (χ1n) is 13.1. The first-order chi connectivity index (χ1) is 19.6. The summed E-state index contributed by atoms with van der Waals surface area (Å²) in [7, 11) is -1.98. The van der Waals surface area contributed by atoms with Crippen molar-refractivity contribution in [3.05, 3.63) is 84.2 Å². The molecule has 1 amide bonds. The molecule has 2 aromatic heterocycles. The van der Waals surface area contributed by atoms with Gasteiger partial charge in [0.05, 0.1) is 34.8 Å². The molecule has 0 saturated carbocycles. The summed E-state index contributed by atoms with van der Waals surface area (Å²) < 4.78 is 41.6. The van der Waals surface area contributed by atoms with Crippen molar-refractivity contribution in [2.75, 3.05) is 40.5 Å². The highest BCUT2D eigenvalue weighted by Crippen LogP contribution is 2.37. The Balaban J connectivity index is 1.24. The first kappa shape index (κ1) is 26.6. The van der Waals surface area contributed by atoms with Crippen LogP contribution >= 0.6 is 0 Å². The van der Waals surface area contributed by atoms with Crippen molar-refractivity contribution < 1.29 is 22.4 Å². The van der Waals surface area contributed by atoms with Gasteiger partial charge in [0, 0.05) is 43.6 Å². The molecule has 2 aromatic carbocycles. The van der Waals surface area contributed by atoms with Crippen LogP contribution in [0.1, 0.15) is 16.2 Å². The number of hydrogen-bond donors (Lipinski definition) is 1. The van der Waals surface area contributed by atoms with Crippen LogP contribution in [0, 0.1) is 12.7 Å².